The van der Waals surface area contributed by atoms with Gasteiger partial charge in [-0.2, -0.15) is 5.10 Å². The number of anilines is 1. The molecule has 1 aromatic carbocycles. The van der Waals surface area contributed by atoms with Gasteiger partial charge in [0.05, 0.1) is 31.0 Å². The zero-order chi connectivity index (χ0) is 24.5. The van der Waals surface area contributed by atoms with Gasteiger partial charge in [0.1, 0.15) is 17.0 Å². The summed E-state index contributed by atoms with van der Waals surface area (Å²) in [5, 5.41) is 7.28. The minimum absolute atomic E-state index is 0.101. The van der Waals surface area contributed by atoms with E-state index in [1.165, 1.54) is 0 Å². The first-order valence-corrected chi connectivity index (χ1v) is 11.6. The fourth-order valence-corrected chi connectivity index (χ4v) is 4.16. The molecule has 4 rings (SSSR count). The predicted octanol–water partition coefficient (Wildman–Crippen LogP) is 3.13. The Morgan fingerprint density at radius 1 is 1.26 bits per heavy atom. The van der Waals surface area contributed by atoms with Crippen LogP contribution in [0.3, 0.4) is 0 Å². The third kappa shape index (κ3) is 4.63. The van der Waals surface area contributed by atoms with Gasteiger partial charge in [-0.1, -0.05) is 13.8 Å². The summed E-state index contributed by atoms with van der Waals surface area (Å²) in [5.74, 6) is 0.0369. The van der Waals surface area contributed by atoms with Crippen LogP contribution in [-0.2, 0) is 17.8 Å². The van der Waals surface area contributed by atoms with Gasteiger partial charge in [0.25, 0.3) is 5.91 Å². The minimum atomic E-state index is -0.566. The standard InChI is InChI=1S/C24H32N6O4/c1-5-8-29-20-17(26-23(29)27-22(32)18-10-15(3)28-30(18)6-2)11-16(21(25)31)12-19(20)34-9-7-24(4)13-33-14-24/h10-12H,5-9,13-14H2,1-4H3,(H2,25,31)(H,26,27,32). The van der Waals surface area contributed by atoms with Crippen LogP contribution in [0.15, 0.2) is 18.2 Å². The first kappa shape index (κ1) is 23.7. The molecule has 1 aliphatic rings. The van der Waals surface area contributed by atoms with E-state index in [9.17, 15) is 9.59 Å². The van der Waals surface area contributed by atoms with Crippen LogP contribution in [-0.4, -0.2) is 51.0 Å². The van der Waals surface area contributed by atoms with Gasteiger partial charge in [-0.3, -0.25) is 19.6 Å². The number of rotatable bonds is 10. The molecule has 182 valence electrons. The average molecular weight is 469 g/mol. The topological polar surface area (TPSA) is 126 Å². The van der Waals surface area contributed by atoms with E-state index < -0.39 is 5.91 Å². The highest BCUT2D eigenvalue weighted by atomic mass is 16.5. The molecule has 3 N–H and O–H groups in total. The number of amides is 2. The molecule has 0 aliphatic carbocycles. The van der Waals surface area contributed by atoms with E-state index in [-0.39, 0.29) is 11.3 Å². The number of aryl methyl sites for hydroxylation is 3. The van der Waals surface area contributed by atoms with Crippen molar-refractivity contribution < 1.29 is 19.1 Å². The molecule has 0 saturated carbocycles. The van der Waals surface area contributed by atoms with E-state index >= 15 is 0 Å². The van der Waals surface area contributed by atoms with Gasteiger partial charge in [-0.25, -0.2) is 4.98 Å². The monoisotopic (exact) mass is 468 g/mol. The number of aromatic nitrogens is 4. The Morgan fingerprint density at radius 3 is 2.65 bits per heavy atom. The molecule has 10 heteroatoms. The molecule has 2 amide bonds. The number of hydrogen-bond donors (Lipinski definition) is 2. The van der Waals surface area contributed by atoms with Crippen LogP contribution in [0.1, 0.15) is 60.2 Å². The summed E-state index contributed by atoms with van der Waals surface area (Å²) in [6, 6.07) is 5.03. The Kier molecular flexibility index (Phi) is 6.60. The molecule has 0 bridgehead atoms. The van der Waals surface area contributed by atoms with Gasteiger partial charge >= 0.3 is 0 Å². The summed E-state index contributed by atoms with van der Waals surface area (Å²) in [6.07, 6.45) is 1.63. The second kappa shape index (κ2) is 9.46. The Bertz CT molecular complexity index is 1220. The van der Waals surface area contributed by atoms with Crippen molar-refractivity contribution in [2.45, 2.75) is 53.6 Å². The maximum absolute atomic E-state index is 13.1. The molecule has 3 aromatic rings. The number of benzene rings is 1. The summed E-state index contributed by atoms with van der Waals surface area (Å²) in [4.78, 5) is 29.7. The third-order valence-corrected chi connectivity index (χ3v) is 6.06. The lowest BCUT2D eigenvalue weighted by molar-refractivity contribution is -0.109. The van der Waals surface area contributed by atoms with Gasteiger partial charge in [0, 0.05) is 24.1 Å². The van der Waals surface area contributed by atoms with Crippen LogP contribution in [0.5, 0.6) is 5.75 Å². The SMILES string of the molecule is CCCn1c(NC(=O)c2cc(C)nn2CC)nc2cc(C(N)=O)cc(OCCC3(C)COC3)c21. The number of nitrogens with zero attached hydrogens (tertiary/aromatic N) is 4. The highest BCUT2D eigenvalue weighted by Crippen LogP contribution is 2.34. The van der Waals surface area contributed by atoms with E-state index in [1.54, 1.807) is 22.9 Å². The number of ether oxygens (including phenoxy) is 2. The zero-order valence-electron chi connectivity index (χ0n) is 20.2. The summed E-state index contributed by atoms with van der Waals surface area (Å²) >= 11 is 0. The van der Waals surface area contributed by atoms with Gasteiger partial charge in [-0.05, 0) is 44.9 Å². The lowest BCUT2D eigenvalue weighted by Gasteiger charge is -2.37. The van der Waals surface area contributed by atoms with Crippen molar-refractivity contribution in [3.63, 3.8) is 0 Å². The molecule has 1 saturated heterocycles. The number of imidazole rings is 1. The quantitative estimate of drug-likeness (QED) is 0.471. The number of hydrogen-bond acceptors (Lipinski definition) is 6. The number of nitrogens with one attached hydrogen (secondary N) is 1. The Morgan fingerprint density at radius 2 is 2.03 bits per heavy atom. The van der Waals surface area contributed by atoms with Crippen molar-refractivity contribution in [1.82, 2.24) is 19.3 Å². The number of fused-ring (bicyclic) bond motifs is 1. The molecule has 1 fully saturated rings. The smallest absolute Gasteiger partial charge is 0.276 e. The van der Waals surface area contributed by atoms with Gasteiger partial charge in [-0.15, -0.1) is 0 Å². The molecule has 10 nitrogen and oxygen atoms in total. The molecule has 0 spiro atoms. The Labute approximate surface area is 198 Å². The van der Waals surface area contributed by atoms with Crippen molar-refractivity contribution in [3.8, 4) is 5.75 Å². The van der Waals surface area contributed by atoms with Crippen LogP contribution < -0.4 is 15.8 Å². The van der Waals surface area contributed by atoms with Crippen LogP contribution in [0.4, 0.5) is 5.95 Å². The van der Waals surface area contributed by atoms with Crippen LogP contribution in [0.25, 0.3) is 11.0 Å². The van der Waals surface area contributed by atoms with E-state index in [2.05, 4.69) is 22.3 Å². The van der Waals surface area contributed by atoms with Gasteiger partial charge < -0.3 is 19.8 Å². The minimum Gasteiger partial charge on any atom is -0.491 e. The summed E-state index contributed by atoms with van der Waals surface area (Å²) in [7, 11) is 0. The van der Waals surface area contributed by atoms with Crippen LogP contribution in [0.2, 0.25) is 0 Å². The van der Waals surface area contributed by atoms with E-state index in [1.807, 2.05) is 25.3 Å². The number of carbonyl (C=O) groups excluding carboxylic acids is 2. The van der Waals surface area contributed by atoms with Crippen LogP contribution >= 0.6 is 0 Å². The van der Waals surface area contributed by atoms with E-state index in [0.29, 0.717) is 61.4 Å². The summed E-state index contributed by atoms with van der Waals surface area (Å²) < 4.78 is 15.1. The van der Waals surface area contributed by atoms with Crippen LogP contribution in [0, 0.1) is 12.3 Å². The number of carbonyl (C=O) groups is 2. The van der Waals surface area contributed by atoms with E-state index in [4.69, 9.17) is 15.2 Å². The van der Waals surface area contributed by atoms with Crippen molar-refractivity contribution in [2.75, 3.05) is 25.1 Å². The molecule has 0 radical (unpaired) electrons. The highest BCUT2D eigenvalue weighted by Gasteiger charge is 2.33. The van der Waals surface area contributed by atoms with E-state index in [0.717, 1.165) is 24.1 Å². The molecule has 2 aromatic heterocycles. The maximum atomic E-state index is 13.1. The molecule has 0 unspecified atom stereocenters. The third-order valence-electron chi connectivity index (χ3n) is 6.06. The first-order chi connectivity index (χ1) is 16.2. The predicted molar refractivity (Wildman–Crippen MR) is 128 cm³/mol. The van der Waals surface area contributed by atoms with Crippen molar-refractivity contribution in [2.24, 2.45) is 11.1 Å². The molecular formula is C24H32N6O4. The largest absolute Gasteiger partial charge is 0.491 e. The normalized spacial score (nSPS) is 14.7. The molecular weight excluding hydrogens is 436 g/mol. The van der Waals surface area contributed by atoms with Crippen molar-refractivity contribution in [1.29, 1.82) is 0 Å². The molecule has 0 atom stereocenters. The Hall–Kier alpha value is -3.40. The number of nitrogens with two attached hydrogens (primary N) is 1. The second-order valence-corrected chi connectivity index (χ2v) is 9.14. The highest BCUT2D eigenvalue weighted by molar-refractivity contribution is 6.04. The summed E-state index contributed by atoms with van der Waals surface area (Å²) in [5.41, 5.74) is 8.46. The molecule has 1 aliphatic heterocycles. The Balaban J connectivity index is 1.71. The number of primary amides is 1. The summed E-state index contributed by atoms with van der Waals surface area (Å²) in [6.45, 7) is 11.1. The average Bonchev–Trinajstić information content (AvgIpc) is 3.32. The first-order valence-electron chi connectivity index (χ1n) is 11.6. The van der Waals surface area contributed by atoms with Gasteiger partial charge in [0.15, 0.2) is 0 Å². The zero-order valence-corrected chi connectivity index (χ0v) is 20.2. The second-order valence-electron chi connectivity index (χ2n) is 9.14. The fraction of sp³-hybridized carbons (Fsp3) is 0.500. The lowest BCUT2D eigenvalue weighted by Crippen LogP contribution is -2.40. The van der Waals surface area contributed by atoms with Crippen molar-refractivity contribution >= 4 is 28.8 Å². The lowest BCUT2D eigenvalue weighted by atomic mass is 9.85. The fourth-order valence-electron chi connectivity index (χ4n) is 4.16. The molecule has 34 heavy (non-hydrogen) atoms. The van der Waals surface area contributed by atoms with Crippen molar-refractivity contribution in [3.05, 3.63) is 35.2 Å². The van der Waals surface area contributed by atoms with Gasteiger partial charge in [0.2, 0.25) is 11.9 Å². The maximum Gasteiger partial charge on any atom is 0.276 e. The molecule has 3 heterocycles.